The highest BCUT2D eigenvalue weighted by Gasteiger charge is 2.23. The van der Waals surface area contributed by atoms with Crippen LogP contribution in [-0.4, -0.2) is 27.3 Å². The van der Waals surface area contributed by atoms with Gasteiger partial charge in [0.05, 0.1) is 17.8 Å². The molecule has 0 fully saturated rings. The van der Waals surface area contributed by atoms with Gasteiger partial charge in [-0.15, -0.1) is 0 Å². The molecule has 0 radical (unpaired) electrons. The summed E-state index contributed by atoms with van der Waals surface area (Å²) in [4.78, 5) is 0.349. The number of hydrogen-bond acceptors (Lipinski definition) is 4. The fraction of sp³-hybridized carbons (Fsp3) is 0.571. The largest absolute Gasteiger partial charge is 0.496 e. The molecule has 4 nitrogen and oxygen atoms in total. The Hall–Kier alpha value is -1.07. The Morgan fingerprint density at radius 2 is 1.79 bits per heavy atom. The zero-order valence-corrected chi connectivity index (χ0v) is 13.0. The van der Waals surface area contributed by atoms with E-state index in [9.17, 15) is 8.42 Å². The summed E-state index contributed by atoms with van der Waals surface area (Å²) in [5.41, 5.74) is 7.38. The lowest BCUT2D eigenvalue weighted by molar-refractivity contribution is 0.411. The summed E-state index contributed by atoms with van der Waals surface area (Å²) in [7, 11) is -1.79. The van der Waals surface area contributed by atoms with Crippen LogP contribution in [0.25, 0.3) is 0 Å². The monoisotopic (exact) mass is 285 g/mol. The van der Waals surface area contributed by atoms with Crippen molar-refractivity contribution in [3.05, 3.63) is 23.3 Å². The second-order valence-corrected chi connectivity index (χ2v) is 7.28. The van der Waals surface area contributed by atoms with Crippen LogP contribution < -0.4 is 10.5 Å². The van der Waals surface area contributed by atoms with Crippen molar-refractivity contribution in [3.63, 3.8) is 0 Å². The van der Waals surface area contributed by atoms with Gasteiger partial charge in [-0.1, -0.05) is 13.8 Å². The first-order valence-corrected chi connectivity index (χ1v) is 7.98. The number of methoxy groups -OCH3 is 1. The first kappa shape index (κ1) is 16.0. The standard InChI is InChI=1S/C14H23NO3S/c1-9(2)12(15)8-19(16,17)14-7-10(3)13(18-5)6-11(14)4/h6-7,9,12H,8,15H2,1-5H3. The van der Waals surface area contributed by atoms with Crippen LogP contribution in [0.5, 0.6) is 5.75 Å². The van der Waals surface area contributed by atoms with Crippen LogP contribution in [-0.2, 0) is 9.84 Å². The molecule has 0 aliphatic heterocycles. The minimum Gasteiger partial charge on any atom is -0.496 e. The van der Waals surface area contributed by atoms with Crippen molar-refractivity contribution in [1.29, 1.82) is 0 Å². The molecule has 1 aromatic rings. The molecule has 1 atom stereocenters. The number of sulfone groups is 1. The molecule has 0 aliphatic rings. The quantitative estimate of drug-likeness (QED) is 0.899. The molecule has 1 rings (SSSR count). The van der Waals surface area contributed by atoms with E-state index >= 15 is 0 Å². The van der Waals surface area contributed by atoms with Crippen molar-refractivity contribution in [2.24, 2.45) is 11.7 Å². The Balaban J connectivity index is 3.19. The van der Waals surface area contributed by atoms with Gasteiger partial charge in [-0.25, -0.2) is 8.42 Å². The molecule has 1 unspecified atom stereocenters. The fourth-order valence-electron chi connectivity index (χ4n) is 1.85. The zero-order chi connectivity index (χ0) is 14.8. The Morgan fingerprint density at radius 1 is 1.21 bits per heavy atom. The zero-order valence-electron chi connectivity index (χ0n) is 12.2. The van der Waals surface area contributed by atoms with Crippen LogP contribution in [0.2, 0.25) is 0 Å². The van der Waals surface area contributed by atoms with Gasteiger partial charge in [0.1, 0.15) is 5.75 Å². The first-order chi connectivity index (χ1) is 8.69. The van der Waals surface area contributed by atoms with E-state index in [2.05, 4.69) is 0 Å². The van der Waals surface area contributed by atoms with Gasteiger partial charge in [-0.3, -0.25) is 0 Å². The molecule has 0 saturated heterocycles. The van der Waals surface area contributed by atoms with Crippen LogP contribution in [0.1, 0.15) is 25.0 Å². The highest BCUT2D eigenvalue weighted by Crippen LogP contribution is 2.26. The molecule has 0 aromatic heterocycles. The predicted octanol–water partition coefficient (Wildman–Crippen LogP) is 2.07. The highest BCUT2D eigenvalue weighted by atomic mass is 32.2. The van der Waals surface area contributed by atoms with E-state index in [4.69, 9.17) is 10.5 Å². The van der Waals surface area contributed by atoms with Crippen molar-refractivity contribution in [1.82, 2.24) is 0 Å². The number of aryl methyl sites for hydroxylation is 2. The van der Waals surface area contributed by atoms with Gasteiger partial charge in [0.25, 0.3) is 0 Å². The SMILES string of the molecule is COc1cc(C)c(S(=O)(=O)CC(N)C(C)C)cc1C. The molecule has 0 spiro atoms. The van der Waals surface area contributed by atoms with Gasteiger partial charge in [0.2, 0.25) is 0 Å². The van der Waals surface area contributed by atoms with Crippen molar-refractivity contribution < 1.29 is 13.2 Å². The highest BCUT2D eigenvalue weighted by molar-refractivity contribution is 7.91. The third kappa shape index (κ3) is 3.70. The van der Waals surface area contributed by atoms with Gasteiger partial charge in [0, 0.05) is 6.04 Å². The molecule has 0 aliphatic carbocycles. The average molecular weight is 285 g/mol. The van der Waals surface area contributed by atoms with Crippen molar-refractivity contribution in [2.45, 2.75) is 38.6 Å². The minimum absolute atomic E-state index is 0.0305. The molecule has 2 N–H and O–H groups in total. The van der Waals surface area contributed by atoms with Crippen LogP contribution in [0.4, 0.5) is 0 Å². The minimum atomic E-state index is -3.36. The summed E-state index contributed by atoms with van der Waals surface area (Å²) in [6.45, 7) is 7.45. The Kier molecular flexibility index (Phi) is 4.98. The molecule has 19 heavy (non-hydrogen) atoms. The molecular formula is C14H23NO3S. The molecule has 0 heterocycles. The lowest BCUT2D eigenvalue weighted by atomic mass is 10.1. The number of hydrogen-bond donors (Lipinski definition) is 1. The maximum atomic E-state index is 12.4. The summed E-state index contributed by atoms with van der Waals surface area (Å²) >= 11 is 0. The van der Waals surface area contributed by atoms with E-state index in [1.54, 1.807) is 26.2 Å². The third-order valence-electron chi connectivity index (χ3n) is 3.30. The van der Waals surface area contributed by atoms with E-state index in [-0.39, 0.29) is 17.7 Å². The molecule has 0 amide bonds. The third-order valence-corrected chi connectivity index (χ3v) is 5.23. The molecule has 0 bridgehead atoms. The molecule has 108 valence electrons. The van der Waals surface area contributed by atoms with Crippen molar-refractivity contribution >= 4 is 9.84 Å². The van der Waals surface area contributed by atoms with E-state index in [1.165, 1.54) is 0 Å². The Morgan fingerprint density at radius 3 is 2.26 bits per heavy atom. The molecule has 5 heteroatoms. The van der Waals surface area contributed by atoms with E-state index in [0.29, 0.717) is 16.2 Å². The summed E-state index contributed by atoms with van der Waals surface area (Å²) in [5, 5.41) is 0. The van der Waals surface area contributed by atoms with E-state index in [1.807, 2.05) is 20.8 Å². The summed E-state index contributed by atoms with van der Waals surface area (Å²) in [6, 6.07) is 3.06. The maximum Gasteiger partial charge on any atom is 0.180 e. The molecule has 1 aromatic carbocycles. The first-order valence-electron chi connectivity index (χ1n) is 6.32. The van der Waals surface area contributed by atoms with E-state index in [0.717, 1.165) is 5.56 Å². The average Bonchev–Trinajstić information content (AvgIpc) is 2.30. The van der Waals surface area contributed by atoms with Crippen LogP contribution in [0.3, 0.4) is 0 Å². The number of ether oxygens (including phenoxy) is 1. The topological polar surface area (TPSA) is 69.4 Å². The summed E-state index contributed by atoms with van der Waals surface area (Å²) in [5.74, 6) is 0.802. The fourth-order valence-corrected chi connectivity index (χ4v) is 3.83. The normalized spacial score (nSPS) is 13.6. The lowest BCUT2D eigenvalue weighted by Crippen LogP contribution is -2.34. The van der Waals surface area contributed by atoms with Gasteiger partial charge in [-0.05, 0) is 43.0 Å². The molecular weight excluding hydrogens is 262 g/mol. The van der Waals surface area contributed by atoms with Crippen molar-refractivity contribution in [2.75, 3.05) is 12.9 Å². The van der Waals surface area contributed by atoms with Gasteiger partial charge >= 0.3 is 0 Å². The Bertz CT molecular complexity index is 550. The van der Waals surface area contributed by atoms with E-state index < -0.39 is 9.84 Å². The maximum absolute atomic E-state index is 12.4. The van der Waals surface area contributed by atoms with Crippen LogP contribution in [0.15, 0.2) is 17.0 Å². The smallest absolute Gasteiger partial charge is 0.180 e. The number of benzene rings is 1. The second kappa shape index (κ2) is 5.92. The number of rotatable bonds is 5. The number of nitrogens with two attached hydrogens (primary N) is 1. The van der Waals surface area contributed by atoms with Crippen LogP contribution in [0, 0.1) is 19.8 Å². The van der Waals surface area contributed by atoms with Gasteiger partial charge in [-0.2, -0.15) is 0 Å². The van der Waals surface area contributed by atoms with Gasteiger partial charge < -0.3 is 10.5 Å². The second-order valence-electron chi connectivity index (χ2n) is 5.28. The lowest BCUT2D eigenvalue weighted by Gasteiger charge is -2.17. The van der Waals surface area contributed by atoms with Gasteiger partial charge in [0.15, 0.2) is 9.84 Å². The van der Waals surface area contributed by atoms with Crippen LogP contribution >= 0.6 is 0 Å². The molecule has 0 saturated carbocycles. The Labute approximate surface area is 115 Å². The van der Waals surface area contributed by atoms with Crippen molar-refractivity contribution in [3.8, 4) is 5.75 Å². The predicted molar refractivity (Wildman–Crippen MR) is 77.3 cm³/mol. The summed E-state index contributed by atoms with van der Waals surface area (Å²) in [6.07, 6.45) is 0. The summed E-state index contributed by atoms with van der Waals surface area (Å²) < 4.78 is 30.0.